The molecule has 0 spiro atoms. The molecule has 1 heterocycles. The van der Waals surface area contributed by atoms with Gasteiger partial charge in [0.15, 0.2) is 0 Å². The molecule has 0 saturated carbocycles. The molecule has 0 saturated heterocycles. The number of hydrogen-bond donors (Lipinski definition) is 1. The van der Waals surface area contributed by atoms with Crippen LogP contribution in [0.3, 0.4) is 0 Å². The van der Waals surface area contributed by atoms with Crippen molar-refractivity contribution in [2.24, 2.45) is 0 Å². The second-order valence-corrected chi connectivity index (χ2v) is 5.47. The van der Waals surface area contributed by atoms with Crippen molar-refractivity contribution >= 4 is 16.6 Å². The molecule has 23 heavy (non-hydrogen) atoms. The average Bonchev–Trinajstić information content (AvgIpc) is 2.55. The van der Waals surface area contributed by atoms with Crippen molar-refractivity contribution in [1.29, 1.82) is 0 Å². The number of carbonyl (C=O) groups excluding carboxylic acids is 1. The zero-order valence-electron chi connectivity index (χ0n) is 12.8. The molecule has 0 atom stereocenters. The van der Waals surface area contributed by atoms with Gasteiger partial charge in [-0.1, -0.05) is 24.3 Å². The van der Waals surface area contributed by atoms with Gasteiger partial charge in [-0.2, -0.15) is 0 Å². The number of aromatic nitrogens is 1. The van der Waals surface area contributed by atoms with E-state index in [-0.39, 0.29) is 11.3 Å². The zero-order valence-corrected chi connectivity index (χ0v) is 12.8. The third-order valence-corrected chi connectivity index (χ3v) is 3.77. The molecule has 1 N–H and O–H groups in total. The van der Waals surface area contributed by atoms with Crippen LogP contribution in [0.4, 0.5) is 0 Å². The van der Waals surface area contributed by atoms with Gasteiger partial charge in [0.05, 0.1) is 7.11 Å². The molecule has 2 aromatic carbocycles. The molecule has 116 valence electrons. The van der Waals surface area contributed by atoms with Crippen molar-refractivity contribution in [2.75, 3.05) is 7.11 Å². The Kier molecular flexibility index (Phi) is 4.24. The molecule has 0 aliphatic rings. The Labute approximate surface area is 133 Å². The van der Waals surface area contributed by atoms with E-state index in [1.807, 2.05) is 42.5 Å². The highest BCUT2D eigenvalue weighted by Gasteiger charge is 2.07. The zero-order chi connectivity index (χ0) is 16.2. The molecule has 4 heteroatoms. The number of fused-ring (bicyclic) bond motifs is 1. The fraction of sp³-hybridized carbons (Fsp3) is 0.158. The molecule has 0 aliphatic heterocycles. The van der Waals surface area contributed by atoms with Crippen molar-refractivity contribution in [3.63, 3.8) is 0 Å². The number of aromatic amines is 1. The van der Waals surface area contributed by atoms with E-state index in [0.717, 1.165) is 22.3 Å². The van der Waals surface area contributed by atoms with E-state index in [4.69, 9.17) is 4.74 Å². The molecule has 0 aliphatic carbocycles. The molecule has 3 rings (SSSR count). The van der Waals surface area contributed by atoms with Gasteiger partial charge >= 0.3 is 0 Å². The first-order chi connectivity index (χ1) is 11.2. The Balaban J connectivity index is 1.76. The standard InChI is InChI=1S/C19H17NO3/c1-23-17-4-2-3-13(12-17)10-16(21)11-14-5-6-18-15(9-14)7-8-20-19(18)22/h2-9,12H,10-11H2,1H3,(H,20,22). The van der Waals surface area contributed by atoms with E-state index >= 15 is 0 Å². The molecule has 1 aromatic heterocycles. The van der Waals surface area contributed by atoms with Crippen molar-refractivity contribution in [1.82, 2.24) is 4.98 Å². The van der Waals surface area contributed by atoms with E-state index in [2.05, 4.69) is 4.98 Å². The number of pyridine rings is 1. The summed E-state index contributed by atoms with van der Waals surface area (Å²) in [5.74, 6) is 0.877. The van der Waals surface area contributed by atoms with E-state index < -0.39 is 0 Å². The number of ether oxygens (including phenoxy) is 1. The number of nitrogens with one attached hydrogen (secondary N) is 1. The Morgan fingerprint density at radius 3 is 2.61 bits per heavy atom. The van der Waals surface area contributed by atoms with Crippen LogP contribution in [0.2, 0.25) is 0 Å². The number of rotatable bonds is 5. The van der Waals surface area contributed by atoms with Gasteiger partial charge in [0.25, 0.3) is 5.56 Å². The van der Waals surface area contributed by atoms with Crippen LogP contribution in [0.25, 0.3) is 10.8 Å². The number of Topliss-reactive ketones (excluding diaryl/α,β-unsaturated/α-hetero) is 1. The quantitative estimate of drug-likeness (QED) is 0.788. The van der Waals surface area contributed by atoms with Crippen LogP contribution in [0.5, 0.6) is 5.75 Å². The predicted molar refractivity (Wildman–Crippen MR) is 90.0 cm³/mol. The number of carbonyl (C=O) groups is 1. The Hall–Kier alpha value is -2.88. The summed E-state index contributed by atoms with van der Waals surface area (Å²) in [6, 6.07) is 14.9. The minimum absolute atomic E-state index is 0.114. The van der Waals surface area contributed by atoms with Crippen LogP contribution in [0, 0.1) is 0 Å². The van der Waals surface area contributed by atoms with Crippen LogP contribution in [-0.2, 0) is 17.6 Å². The van der Waals surface area contributed by atoms with Crippen molar-refractivity contribution < 1.29 is 9.53 Å². The molecule has 0 unspecified atom stereocenters. The molecule has 0 fully saturated rings. The monoisotopic (exact) mass is 307 g/mol. The van der Waals surface area contributed by atoms with E-state index in [0.29, 0.717) is 18.2 Å². The first kappa shape index (κ1) is 15.0. The van der Waals surface area contributed by atoms with E-state index in [1.165, 1.54) is 0 Å². The predicted octanol–water partition coefficient (Wildman–Crippen LogP) is 2.89. The molecular weight excluding hydrogens is 290 g/mol. The minimum atomic E-state index is -0.114. The average molecular weight is 307 g/mol. The summed E-state index contributed by atoms with van der Waals surface area (Å²) >= 11 is 0. The smallest absolute Gasteiger partial charge is 0.255 e. The fourth-order valence-electron chi connectivity index (χ4n) is 2.65. The molecule has 0 bridgehead atoms. The molecular formula is C19H17NO3. The fourth-order valence-corrected chi connectivity index (χ4v) is 2.65. The normalized spacial score (nSPS) is 10.7. The highest BCUT2D eigenvalue weighted by Crippen LogP contribution is 2.16. The van der Waals surface area contributed by atoms with Crippen LogP contribution >= 0.6 is 0 Å². The summed E-state index contributed by atoms with van der Waals surface area (Å²) in [5.41, 5.74) is 1.74. The van der Waals surface area contributed by atoms with E-state index in [9.17, 15) is 9.59 Å². The molecule has 0 amide bonds. The number of hydrogen-bond acceptors (Lipinski definition) is 3. The second-order valence-electron chi connectivity index (χ2n) is 5.47. The van der Waals surface area contributed by atoms with Crippen molar-refractivity contribution in [3.8, 4) is 5.75 Å². The highest BCUT2D eigenvalue weighted by atomic mass is 16.5. The van der Waals surface area contributed by atoms with Gasteiger partial charge in [-0.25, -0.2) is 0 Å². The summed E-state index contributed by atoms with van der Waals surface area (Å²) in [4.78, 5) is 26.6. The lowest BCUT2D eigenvalue weighted by Gasteiger charge is -2.05. The van der Waals surface area contributed by atoms with Gasteiger partial charge in [-0.05, 0) is 40.8 Å². The van der Waals surface area contributed by atoms with Gasteiger partial charge in [-0.3, -0.25) is 9.59 Å². The third-order valence-electron chi connectivity index (χ3n) is 3.77. The second kappa shape index (κ2) is 6.48. The topological polar surface area (TPSA) is 59.2 Å². The lowest BCUT2D eigenvalue weighted by molar-refractivity contribution is -0.117. The Bertz CT molecular complexity index is 912. The summed E-state index contributed by atoms with van der Waals surface area (Å²) in [7, 11) is 1.61. The number of benzene rings is 2. The maximum atomic E-state index is 12.3. The van der Waals surface area contributed by atoms with Crippen LogP contribution in [-0.4, -0.2) is 17.9 Å². The summed E-state index contributed by atoms with van der Waals surface area (Å²) in [6.45, 7) is 0. The van der Waals surface area contributed by atoms with Crippen LogP contribution in [0.15, 0.2) is 59.5 Å². The van der Waals surface area contributed by atoms with Crippen LogP contribution < -0.4 is 10.3 Å². The number of methoxy groups -OCH3 is 1. The highest BCUT2D eigenvalue weighted by molar-refractivity contribution is 5.86. The minimum Gasteiger partial charge on any atom is -0.497 e. The SMILES string of the molecule is COc1cccc(CC(=O)Cc2ccc3c(=O)[nH]ccc3c2)c1. The molecule has 4 nitrogen and oxygen atoms in total. The lowest BCUT2D eigenvalue weighted by atomic mass is 10.0. The number of ketones is 1. The third kappa shape index (κ3) is 3.48. The largest absolute Gasteiger partial charge is 0.497 e. The summed E-state index contributed by atoms with van der Waals surface area (Å²) in [5, 5.41) is 1.48. The maximum Gasteiger partial charge on any atom is 0.255 e. The summed E-state index contributed by atoms with van der Waals surface area (Å²) in [6.07, 6.45) is 2.33. The number of H-pyrrole nitrogens is 1. The van der Waals surface area contributed by atoms with Gasteiger partial charge in [0.1, 0.15) is 11.5 Å². The lowest BCUT2D eigenvalue weighted by Crippen LogP contribution is -2.08. The van der Waals surface area contributed by atoms with Gasteiger partial charge in [-0.15, -0.1) is 0 Å². The Morgan fingerprint density at radius 2 is 1.83 bits per heavy atom. The maximum absolute atomic E-state index is 12.3. The van der Waals surface area contributed by atoms with Crippen molar-refractivity contribution in [3.05, 3.63) is 76.2 Å². The van der Waals surface area contributed by atoms with Gasteiger partial charge < -0.3 is 9.72 Å². The molecule has 0 radical (unpaired) electrons. The molecule has 3 aromatic rings. The Morgan fingerprint density at radius 1 is 1.04 bits per heavy atom. The van der Waals surface area contributed by atoms with Crippen molar-refractivity contribution in [2.45, 2.75) is 12.8 Å². The van der Waals surface area contributed by atoms with Gasteiger partial charge in [0, 0.05) is 24.4 Å². The van der Waals surface area contributed by atoms with Gasteiger partial charge in [0.2, 0.25) is 0 Å². The van der Waals surface area contributed by atoms with E-state index in [1.54, 1.807) is 19.4 Å². The first-order valence-corrected chi connectivity index (χ1v) is 7.40. The van der Waals surface area contributed by atoms with Crippen LogP contribution in [0.1, 0.15) is 11.1 Å². The first-order valence-electron chi connectivity index (χ1n) is 7.40. The summed E-state index contributed by atoms with van der Waals surface area (Å²) < 4.78 is 5.17.